The molecule has 0 spiro atoms. The van der Waals surface area contributed by atoms with Crippen LogP contribution in [0.15, 0.2) is 18.2 Å². The molecule has 0 aliphatic carbocycles. The highest BCUT2D eigenvalue weighted by atomic mass is 32.1. The molecule has 0 aromatic heterocycles. The van der Waals surface area contributed by atoms with Crippen LogP contribution in [0.3, 0.4) is 0 Å². The molecule has 0 bridgehead atoms. The van der Waals surface area contributed by atoms with Gasteiger partial charge in [-0.2, -0.15) is 12.6 Å². The Hall–Kier alpha value is -1.16. The van der Waals surface area contributed by atoms with Gasteiger partial charge in [0.1, 0.15) is 0 Å². The van der Waals surface area contributed by atoms with E-state index >= 15 is 0 Å². The molecule has 76 valence electrons. The Labute approximate surface area is 89.0 Å². The van der Waals surface area contributed by atoms with Crippen LogP contribution in [0.2, 0.25) is 0 Å². The maximum absolute atomic E-state index is 7.61. The lowest BCUT2D eigenvalue weighted by molar-refractivity contribution is 0.355. The monoisotopic (exact) mass is 211 g/mol. The largest absolute Gasteiger partial charge is 0.493 e. The molecule has 4 heteroatoms. The summed E-state index contributed by atoms with van der Waals surface area (Å²) >= 11 is 4.04. The predicted octanol–water partition coefficient (Wildman–Crippen LogP) is 2.00. The average Bonchev–Trinajstić information content (AvgIpc) is 2.26. The smallest absolute Gasteiger partial charge is 0.161 e. The summed E-state index contributed by atoms with van der Waals surface area (Å²) in [6, 6.07) is 5.38. The second kappa shape index (κ2) is 4.91. The first kappa shape index (κ1) is 10.9. The van der Waals surface area contributed by atoms with E-state index in [2.05, 4.69) is 12.6 Å². The van der Waals surface area contributed by atoms with Crippen LogP contribution in [0.5, 0.6) is 11.5 Å². The van der Waals surface area contributed by atoms with Crippen LogP contribution in [0, 0.1) is 5.41 Å². The second-order valence-corrected chi connectivity index (χ2v) is 3.02. The summed E-state index contributed by atoms with van der Waals surface area (Å²) in [6.07, 6.45) is 0. The molecule has 0 saturated carbocycles. The Bertz CT molecular complexity index is 339. The van der Waals surface area contributed by atoms with Crippen molar-refractivity contribution in [2.75, 3.05) is 20.0 Å². The molecule has 0 amide bonds. The minimum absolute atomic E-state index is 0.412. The molecular formula is C10H13NO2S. The number of nitrogens with one attached hydrogen (secondary N) is 1. The van der Waals surface area contributed by atoms with E-state index in [1.807, 2.05) is 6.07 Å². The van der Waals surface area contributed by atoms with Gasteiger partial charge in [-0.25, -0.2) is 0 Å². The quantitative estimate of drug-likeness (QED) is 0.591. The number of hydrogen-bond donors (Lipinski definition) is 2. The first-order valence-electron chi connectivity index (χ1n) is 4.13. The predicted molar refractivity (Wildman–Crippen MR) is 60.2 cm³/mol. The molecule has 0 atom stereocenters. The minimum Gasteiger partial charge on any atom is -0.493 e. The third-order valence-corrected chi connectivity index (χ3v) is 2.21. The van der Waals surface area contributed by atoms with Gasteiger partial charge in [0.25, 0.3) is 0 Å². The highest BCUT2D eigenvalue weighted by Crippen LogP contribution is 2.27. The van der Waals surface area contributed by atoms with Gasteiger partial charge >= 0.3 is 0 Å². The van der Waals surface area contributed by atoms with Crippen molar-refractivity contribution in [1.82, 2.24) is 0 Å². The minimum atomic E-state index is 0.412. The van der Waals surface area contributed by atoms with Crippen molar-refractivity contribution in [3.05, 3.63) is 23.8 Å². The summed E-state index contributed by atoms with van der Waals surface area (Å²) in [6.45, 7) is 0. The first-order chi connectivity index (χ1) is 6.72. The lowest BCUT2D eigenvalue weighted by Gasteiger charge is -2.09. The van der Waals surface area contributed by atoms with E-state index in [0.717, 1.165) is 5.56 Å². The topological polar surface area (TPSA) is 42.3 Å². The average molecular weight is 211 g/mol. The molecule has 0 saturated heterocycles. The van der Waals surface area contributed by atoms with Gasteiger partial charge in [-0.15, -0.1) is 0 Å². The summed E-state index contributed by atoms with van der Waals surface area (Å²) in [5.74, 6) is 1.72. The lowest BCUT2D eigenvalue weighted by atomic mass is 10.1. The van der Waals surface area contributed by atoms with Crippen LogP contribution >= 0.6 is 12.6 Å². The molecule has 1 N–H and O–H groups in total. The standard InChI is InChI=1S/C10H13NO2S/c1-12-9-4-3-7(8(11)6-14)5-10(9)13-2/h3-5,11,14H,6H2,1-2H3. The second-order valence-electron chi connectivity index (χ2n) is 2.71. The molecule has 0 unspecified atom stereocenters. The molecule has 0 radical (unpaired) electrons. The van der Waals surface area contributed by atoms with Gasteiger partial charge < -0.3 is 14.9 Å². The van der Waals surface area contributed by atoms with E-state index in [4.69, 9.17) is 14.9 Å². The van der Waals surface area contributed by atoms with Gasteiger partial charge in [-0.1, -0.05) is 0 Å². The van der Waals surface area contributed by atoms with Gasteiger partial charge in [-0.05, 0) is 18.2 Å². The highest BCUT2D eigenvalue weighted by molar-refractivity contribution is 7.81. The van der Waals surface area contributed by atoms with E-state index in [9.17, 15) is 0 Å². The van der Waals surface area contributed by atoms with E-state index in [0.29, 0.717) is 23.0 Å². The number of benzene rings is 1. The van der Waals surface area contributed by atoms with Gasteiger partial charge in [0.05, 0.1) is 14.2 Å². The van der Waals surface area contributed by atoms with Crippen LogP contribution in [0.4, 0.5) is 0 Å². The van der Waals surface area contributed by atoms with Crippen molar-refractivity contribution >= 4 is 18.3 Å². The molecule has 0 fully saturated rings. The molecule has 0 aliphatic rings. The van der Waals surface area contributed by atoms with Gasteiger partial charge in [0.2, 0.25) is 0 Å². The van der Waals surface area contributed by atoms with Crippen molar-refractivity contribution in [2.24, 2.45) is 0 Å². The van der Waals surface area contributed by atoms with Gasteiger partial charge in [-0.3, -0.25) is 0 Å². The van der Waals surface area contributed by atoms with E-state index in [1.54, 1.807) is 26.4 Å². The van der Waals surface area contributed by atoms with Crippen LogP contribution in [-0.4, -0.2) is 25.7 Å². The Morgan fingerprint density at radius 2 is 1.93 bits per heavy atom. The zero-order chi connectivity index (χ0) is 10.6. The molecule has 0 aliphatic heterocycles. The fraction of sp³-hybridized carbons (Fsp3) is 0.300. The number of rotatable bonds is 4. The number of hydrogen-bond acceptors (Lipinski definition) is 4. The molecule has 0 heterocycles. The third kappa shape index (κ3) is 2.20. The third-order valence-electron chi connectivity index (χ3n) is 1.89. The molecular weight excluding hydrogens is 198 g/mol. The summed E-state index contributed by atoms with van der Waals surface area (Å²) < 4.78 is 10.2. The number of methoxy groups -OCH3 is 2. The van der Waals surface area contributed by atoms with Gasteiger partial charge in [0.15, 0.2) is 11.5 Å². The van der Waals surface area contributed by atoms with Crippen LogP contribution in [-0.2, 0) is 0 Å². The molecule has 3 nitrogen and oxygen atoms in total. The highest BCUT2D eigenvalue weighted by Gasteiger charge is 2.06. The van der Waals surface area contributed by atoms with Crippen molar-refractivity contribution in [1.29, 1.82) is 5.41 Å². The summed E-state index contributed by atoms with van der Waals surface area (Å²) in [7, 11) is 3.16. The van der Waals surface area contributed by atoms with Crippen molar-refractivity contribution in [2.45, 2.75) is 0 Å². The summed E-state index contributed by atoms with van der Waals surface area (Å²) in [5, 5.41) is 7.61. The van der Waals surface area contributed by atoms with E-state index in [-0.39, 0.29) is 0 Å². The van der Waals surface area contributed by atoms with E-state index in [1.165, 1.54) is 0 Å². The van der Waals surface area contributed by atoms with Crippen LogP contribution < -0.4 is 9.47 Å². The SMILES string of the molecule is COc1ccc(C(=N)CS)cc1OC. The maximum Gasteiger partial charge on any atom is 0.161 e. The van der Waals surface area contributed by atoms with E-state index < -0.39 is 0 Å². The van der Waals surface area contributed by atoms with Crippen LogP contribution in [0.25, 0.3) is 0 Å². The molecule has 14 heavy (non-hydrogen) atoms. The number of ether oxygens (including phenoxy) is 2. The fourth-order valence-electron chi connectivity index (χ4n) is 1.12. The van der Waals surface area contributed by atoms with Crippen molar-refractivity contribution < 1.29 is 9.47 Å². The maximum atomic E-state index is 7.61. The molecule has 1 aromatic carbocycles. The Morgan fingerprint density at radius 3 is 2.43 bits per heavy atom. The summed E-state index contributed by atoms with van der Waals surface area (Å²) in [5.41, 5.74) is 1.27. The first-order valence-corrected chi connectivity index (χ1v) is 4.77. The Balaban J connectivity index is 3.07. The summed E-state index contributed by atoms with van der Waals surface area (Å²) in [4.78, 5) is 0. The Morgan fingerprint density at radius 1 is 1.29 bits per heavy atom. The normalized spacial score (nSPS) is 9.64. The van der Waals surface area contributed by atoms with Crippen molar-refractivity contribution in [3.8, 4) is 11.5 Å². The van der Waals surface area contributed by atoms with Crippen molar-refractivity contribution in [3.63, 3.8) is 0 Å². The lowest BCUT2D eigenvalue weighted by Crippen LogP contribution is -2.01. The Kier molecular flexibility index (Phi) is 3.83. The molecule has 1 rings (SSSR count). The zero-order valence-corrected chi connectivity index (χ0v) is 9.10. The van der Waals surface area contributed by atoms with Gasteiger partial charge in [0, 0.05) is 17.0 Å². The molecule has 1 aromatic rings. The number of thiol groups is 1. The van der Waals surface area contributed by atoms with Crippen LogP contribution in [0.1, 0.15) is 5.56 Å². The zero-order valence-electron chi connectivity index (χ0n) is 8.20. The fourth-order valence-corrected chi connectivity index (χ4v) is 1.30.